The molecular formula is C17H18N2O4S2. The highest BCUT2D eigenvalue weighted by Crippen LogP contribution is 2.21. The SMILES string of the molecule is COc1ccc2[nH]c(=O)c(CCNS(=O)(=O)c3ccc(C)s3)cc2c1. The third-order valence-electron chi connectivity index (χ3n) is 3.80. The van der Waals surface area contributed by atoms with Crippen LogP contribution in [0.5, 0.6) is 5.75 Å². The number of sulfonamides is 1. The first kappa shape index (κ1) is 17.7. The Hall–Kier alpha value is -2.16. The molecule has 0 saturated carbocycles. The Labute approximate surface area is 149 Å². The molecule has 132 valence electrons. The summed E-state index contributed by atoms with van der Waals surface area (Å²) < 4.78 is 32.4. The summed E-state index contributed by atoms with van der Waals surface area (Å²) in [5.74, 6) is 0.694. The molecule has 0 amide bonds. The molecule has 25 heavy (non-hydrogen) atoms. The van der Waals surface area contributed by atoms with Gasteiger partial charge in [-0.25, -0.2) is 13.1 Å². The number of benzene rings is 1. The van der Waals surface area contributed by atoms with E-state index in [9.17, 15) is 13.2 Å². The average Bonchev–Trinajstić information content (AvgIpc) is 3.02. The van der Waals surface area contributed by atoms with E-state index in [1.807, 2.05) is 13.0 Å². The number of aromatic amines is 1. The normalized spacial score (nSPS) is 11.8. The Kier molecular flexibility index (Phi) is 4.94. The lowest BCUT2D eigenvalue weighted by Crippen LogP contribution is -2.27. The molecule has 0 fully saturated rings. The first-order valence-corrected chi connectivity index (χ1v) is 9.95. The van der Waals surface area contributed by atoms with Gasteiger partial charge in [-0.3, -0.25) is 4.79 Å². The van der Waals surface area contributed by atoms with E-state index in [1.54, 1.807) is 37.4 Å². The van der Waals surface area contributed by atoms with E-state index in [0.29, 0.717) is 23.3 Å². The van der Waals surface area contributed by atoms with Crippen LogP contribution in [-0.4, -0.2) is 27.1 Å². The molecule has 2 aromatic heterocycles. The van der Waals surface area contributed by atoms with Gasteiger partial charge in [-0.2, -0.15) is 0 Å². The number of aromatic nitrogens is 1. The van der Waals surface area contributed by atoms with Crippen LogP contribution in [0.15, 0.2) is 45.4 Å². The van der Waals surface area contributed by atoms with Crippen molar-refractivity contribution in [2.75, 3.05) is 13.7 Å². The summed E-state index contributed by atoms with van der Waals surface area (Å²) in [6.45, 7) is 2.00. The molecule has 0 atom stereocenters. The van der Waals surface area contributed by atoms with E-state index in [1.165, 1.54) is 11.3 Å². The monoisotopic (exact) mass is 378 g/mol. The standard InChI is InChI=1S/C17H18N2O4S2/c1-11-3-6-16(24-11)25(21,22)18-8-7-12-9-13-10-14(23-2)4-5-15(13)19-17(12)20/h3-6,9-10,18H,7-8H2,1-2H3,(H,19,20). The maximum absolute atomic E-state index is 12.2. The summed E-state index contributed by atoms with van der Waals surface area (Å²) in [4.78, 5) is 15.9. The minimum Gasteiger partial charge on any atom is -0.497 e. The summed E-state index contributed by atoms with van der Waals surface area (Å²) in [6.07, 6.45) is 0.298. The van der Waals surface area contributed by atoms with Crippen LogP contribution in [0.4, 0.5) is 0 Å². The number of rotatable bonds is 6. The highest BCUT2D eigenvalue weighted by Gasteiger charge is 2.15. The molecule has 2 N–H and O–H groups in total. The molecular weight excluding hydrogens is 360 g/mol. The van der Waals surface area contributed by atoms with Crippen LogP contribution in [0.1, 0.15) is 10.4 Å². The van der Waals surface area contributed by atoms with Crippen LogP contribution in [0.2, 0.25) is 0 Å². The van der Waals surface area contributed by atoms with Gasteiger partial charge in [-0.1, -0.05) is 0 Å². The van der Waals surface area contributed by atoms with Gasteiger partial charge in [0.05, 0.1) is 7.11 Å². The second kappa shape index (κ2) is 6.99. The summed E-state index contributed by atoms with van der Waals surface area (Å²) in [7, 11) is -1.96. The minimum absolute atomic E-state index is 0.151. The van der Waals surface area contributed by atoms with Crippen LogP contribution in [0.3, 0.4) is 0 Å². The molecule has 3 aromatic rings. The first-order chi connectivity index (χ1) is 11.9. The molecule has 0 aliphatic rings. The fourth-order valence-electron chi connectivity index (χ4n) is 2.49. The number of fused-ring (bicyclic) bond motifs is 1. The highest BCUT2D eigenvalue weighted by atomic mass is 32.2. The zero-order chi connectivity index (χ0) is 18.0. The fraction of sp³-hybridized carbons (Fsp3) is 0.235. The maximum atomic E-state index is 12.2. The number of ether oxygens (including phenoxy) is 1. The van der Waals surface area contributed by atoms with Gasteiger partial charge in [0.15, 0.2) is 0 Å². The van der Waals surface area contributed by atoms with Crippen LogP contribution in [0, 0.1) is 6.92 Å². The van der Waals surface area contributed by atoms with Gasteiger partial charge in [-0.05, 0) is 49.7 Å². The van der Waals surface area contributed by atoms with Crippen molar-refractivity contribution in [3.8, 4) is 5.75 Å². The van der Waals surface area contributed by atoms with E-state index >= 15 is 0 Å². The quantitative estimate of drug-likeness (QED) is 0.689. The second-order valence-corrected chi connectivity index (χ2v) is 8.87. The van der Waals surface area contributed by atoms with Gasteiger partial charge < -0.3 is 9.72 Å². The van der Waals surface area contributed by atoms with Crippen molar-refractivity contribution in [1.29, 1.82) is 0 Å². The molecule has 2 heterocycles. The molecule has 3 rings (SSSR count). The number of pyridine rings is 1. The van der Waals surface area contributed by atoms with E-state index < -0.39 is 10.0 Å². The van der Waals surface area contributed by atoms with Gasteiger partial charge in [0, 0.05) is 27.9 Å². The zero-order valence-electron chi connectivity index (χ0n) is 13.8. The largest absolute Gasteiger partial charge is 0.497 e. The Morgan fingerprint density at radius 2 is 2.00 bits per heavy atom. The van der Waals surface area contributed by atoms with Crippen molar-refractivity contribution in [2.24, 2.45) is 0 Å². The van der Waals surface area contributed by atoms with Crippen molar-refractivity contribution in [1.82, 2.24) is 9.71 Å². The lowest BCUT2D eigenvalue weighted by molar-refractivity contribution is 0.415. The Morgan fingerprint density at radius 3 is 2.68 bits per heavy atom. The first-order valence-electron chi connectivity index (χ1n) is 7.65. The number of nitrogens with one attached hydrogen (secondary N) is 2. The van der Waals surface area contributed by atoms with Gasteiger partial charge in [0.25, 0.3) is 5.56 Å². The molecule has 6 nitrogen and oxygen atoms in total. The molecule has 0 aliphatic heterocycles. The van der Waals surface area contributed by atoms with Crippen molar-refractivity contribution in [3.05, 3.63) is 57.2 Å². The Bertz CT molecular complexity index is 1070. The van der Waals surface area contributed by atoms with E-state index in [4.69, 9.17) is 4.74 Å². The molecule has 0 unspecified atom stereocenters. The lowest BCUT2D eigenvalue weighted by Gasteiger charge is -2.07. The average molecular weight is 378 g/mol. The van der Waals surface area contributed by atoms with Gasteiger partial charge in [-0.15, -0.1) is 11.3 Å². The summed E-state index contributed by atoms with van der Waals surface area (Å²) in [5.41, 5.74) is 1.01. The number of thiophene rings is 1. The fourth-order valence-corrected chi connectivity index (χ4v) is 4.85. The van der Waals surface area contributed by atoms with E-state index in [2.05, 4.69) is 9.71 Å². The molecule has 8 heteroatoms. The van der Waals surface area contributed by atoms with Crippen LogP contribution in [0.25, 0.3) is 10.9 Å². The molecule has 0 radical (unpaired) electrons. The molecule has 0 bridgehead atoms. The number of methoxy groups -OCH3 is 1. The van der Waals surface area contributed by atoms with Crippen LogP contribution in [-0.2, 0) is 16.4 Å². The van der Waals surface area contributed by atoms with E-state index in [0.717, 1.165) is 10.3 Å². The van der Waals surface area contributed by atoms with Gasteiger partial charge in [0.1, 0.15) is 9.96 Å². The third-order valence-corrected chi connectivity index (χ3v) is 6.75. The zero-order valence-corrected chi connectivity index (χ0v) is 15.5. The lowest BCUT2D eigenvalue weighted by atomic mass is 10.1. The van der Waals surface area contributed by atoms with Crippen LogP contribution < -0.4 is 15.0 Å². The minimum atomic E-state index is -3.54. The molecule has 0 spiro atoms. The number of aryl methyl sites for hydroxylation is 1. The van der Waals surface area contributed by atoms with Crippen molar-refractivity contribution >= 4 is 32.3 Å². The molecule has 0 saturated heterocycles. The van der Waals surface area contributed by atoms with Gasteiger partial charge in [0.2, 0.25) is 10.0 Å². The maximum Gasteiger partial charge on any atom is 0.251 e. The highest BCUT2D eigenvalue weighted by molar-refractivity contribution is 7.91. The van der Waals surface area contributed by atoms with Gasteiger partial charge >= 0.3 is 0 Å². The predicted molar refractivity (Wildman–Crippen MR) is 99.1 cm³/mol. The number of hydrogen-bond acceptors (Lipinski definition) is 5. The van der Waals surface area contributed by atoms with Crippen molar-refractivity contribution in [2.45, 2.75) is 17.6 Å². The molecule has 0 aliphatic carbocycles. The third kappa shape index (κ3) is 3.92. The molecule has 1 aromatic carbocycles. The van der Waals surface area contributed by atoms with Crippen LogP contribution >= 0.6 is 11.3 Å². The van der Waals surface area contributed by atoms with Crippen molar-refractivity contribution in [3.63, 3.8) is 0 Å². The van der Waals surface area contributed by atoms with E-state index in [-0.39, 0.29) is 16.3 Å². The van der Waals surface area contributed by atoms with Crippen molar-refractivity contribution < 1.29 is 13.2 Å². The Balaban J connectivity index is 1.76. The summed E-state index contributed by atoms with van der Waals surface area (Å²) in [6, 6.07) is 10.5. The second-order valence-electron chi connectivity index (χ2n) is 5.59. The topological polar surface area (TPSA) is 88.3 Å². The Morgan fingerprint density at radius 1 is 1.20 bits per heavy atom. The number of H-pyrrole nitrogens is 1. The predicted octanol–water partition coefficient (Wildman–Crippen LogP) is 2.43. The summed E-state index contributed by atoms with van der Waals surface area (Å²) in [5, 5.41) is 0.839. The number of hydrogen-bond donors (Lipinski definition) is 2. The smallest absolute Gasteiger partial charge is 0.251 e. The summed E-state index contributed by atoms with van der Waals surface area (Å²) >= 11 is 1.22.